The molecule has 0 spiro atoms. The molecule has 10 nitrogen and oxygen atoms in total. The molecule has 0 aliphatic rings. The van der Waals surface area contributed by atoms with Crippen LogP contribution < -0.4 is 30.2 Å². The lowest BCUT2D eigenvalue weighted by atomic mass is 9.99. The predicted octanol–water partition coefficient (Wildman–Crippen LogP) is 2.71. The molecular weight excluding hydrogens is 454 g/mol. The van der Waals surface area contributed by atoms with Crippen LogP contribution in [-0.4, -0.2) is 47.7 Å². The van der Waals surface area contributed by atoms with Gasteiger partial charge in [0.15, 0.2) is 28.6 Å². The van der Waals surface area contributed by atoms with Gasteiger partial charge in [-0.05, 0) is 35.9 Å². The van der Waals surface area contributed by atoms with Crippen LogP contribution >= 0.6 is 0 Å². The van der Waals surface area contributed by atoms with E-state index in [2.05, 4.69) is 4.98 Å². The van der Waals surface area contributed by atoms with Crippen LogP contribution in [0.3, 0.4) is 0 Å². The highest BCUT2D eigenvalue weighted by molar-refractivity contribution is 5.95. The SMILES string of the molecule is COc1ccc(-c2cc(-c3cc(OC)c(OC)c(OC)c3)nc3c2c(=O)n(C)c(=O)n3C)cc1O. The van der Waals surface area contributed by atoms with Crippen LogP contribution in [0, 0.1) is 0 Å². The van der Waals surface area contributed by atoms with Crippen molar-refractivity contribution in [2.45, 2.75) is 0 Å². The summed E-state index contributed by atoms with van der Waals surface area (Å²) in [5.41, 5.74) is 1.25. The molecule has 4 rings (SSSR count). The number of pyridine rings is 1. The van der Waals surface area contributed by atoms with Gasteiger partial charge >= 0.3 is 5.69 Å². The number of fused-ring (bicyclic) bond motifs is 1. The fourth-order valence-corrected chi connectivity index (χ4v) is 4.02. The third-order valence-electron chi connectivity index (χ3n) is 5.86. The molecule has 4 aromatic rings. The number of benzene rings is 2. The maximum absolute atomic E-state index is 13.2. The largest absolute Gasteiger partial charge is 0.504 e. The van der Waals surface area contributed by atoms with Crippen molar-refractivity contribution in [3.8, 4) is 51.1 Å². The Bertz CT molecular complexity index is 1550. The van der Waals surface area contributed by atoms with Gasteiger partial charge in [0, 0.05) is 25.2 Å². The summed E-state index contributed by atoms with van der Waals surface area (Å²) in [4.78, 5) is 30.6. The normalized spacial score (nSPS) is 10.9. The molecule has 2 aromatic carbocycles. The van der Waals surface area contributed by atoms with Crippen molar-refractivity contribution in [3.63, 3.8) is 0 Å². The first kappa shape index (κ1) is 23.7. The van der Waals surface area contributed by atoms with E-state index >= 15 is 0 Å². The first-order valence-corrected chi connectivity index (χ1v) is 10.5. The summed E-state index contributed by atoms with van der Waals surface area (Å²) < 4.78 is 23.8. The third kappa shape index (κ3) is 3.82. The molecule has 0 atom stereocenters. The van der Waals surface area contributed by atoms with Gasteiger partial charge < -0.3 is 24.1 Å². The van der Waals surface area contributed by atoms with Gasteiger partial charge in [-0.1, -0.05) is 6.07 Å². The molecule has 2 heterocycles. The Labute approximate surface area is 200 Å². The molecular formula is C25H25N3O7. The summed E-state index contributed by atoms with van der Waals surface area (Å²) in [6, 6.07) is 9.99. The van der Waals surface area contributed by atoms with Crippen LogP contribution in [-0.2, 0) is 14.1 Å². The molecule has 182 valence electrons. The molecule has 0 bridgehead atoms. The molecule has 10 heteroatoms. The molecule has 0 saturated carbocycles. The number of methoxy groups -OCH3 is 4. The predicted molar refractivity (Wildman–Crippen MR) is 131 cm³/mol. The van der Waals surface area contributed by atoms with Gasteiger partial charge in [0.05, 0.1) is 39.5 Å². The van der Waals surface area contributed by atoms with Gasteiger partial charge in [-0.25, -0.2) is 9.78 Å². The fraction of sp³-hybridized carbons (Fsp3) is 0.240. The molecule has 35 heavy (non-hydrogen) atoms. The monoisotopic (exact) mass is 479 g/mol. The maximum atomic E-state index is 13.2. The Morgan fingerprint density at radius 1 is 0.771 bits per heavy atom. The van der Waals surface area contributed by atoms with Crippen molar-refractivity contribution in [1.82, 2.24) is 14.1 Å². The molecule has 0 aliphatic carbocycles. The first-order chi connectivity index (χ1) is 16.7. The summed E-state index contributed by atoms with van der Waals surface area (Å²) in [7, 11) is 8.93. The minimum Gasteiger partial charge on any atom is -0.504 e. The Hall–Kier alpha value is -4.47. The number of phenolic OH excluding ortho intramolecular Hbond substituents is 1. The standard InChI is InChI=1S/C25H25N3O7/c1-27-23-21(24(30)28(2)25(27)31)15(13-7-8-18(32-3)17(29)9-13)12-16(26-23)14-10-19(33-4)22(35-6)20(11-14)34-5/h7-12,29H,1-6H3. The van der Waals surface area contributed by atoms with Gasteiger partial charge in [0.25, 0.3) is 5.56 Å². The van der Waals surface area contributed by atoms with Crippen LogP contribution in [0.5, 0.6) is 28.7 Å². The summed E-state index contributed by atoms with van der Waals surface area (Å²) in [6.45, 7) is 0. The number of rotatable bonds is 6. The van der Waals surface area contributed by atoms with Crippen LogP contribution in [0.1, 0.15) is 0 Å². The lowest BCUT2D eigenvalue weighted by Crippen LogP contribution is -2.37. The number of hydrogen-bond donors (Lipinski definition) is 1. The van der Waals surface area contributed by atoms with E-state index in [1.54, 1.807) is 37.4 Å². The van der Waals surface area contributed by atoms with Gasteiger partial charge in [0.2, 0.25) is 5.75 Å². The zero-order valence-corrected chi connectivity index (χ0v) is 20.2. The van der Waals surface area contributed by atoms with E-state index in [0.29, 0.717) is 39.6 Å². The zero-order valence-electron chi connectivity index (χ0n) is 20.2. The van der Waals surface area contributed by atoms with E-state index in [4.69, 9.17) is 18.9 Å². The van der Waals surface area contributed by atoms with E-state index in [1.165, 1.54) is 46.1 Å². The quantitative estimate of drug-likeness (QED) is 0.449. The van der Waals surface area contributed by atoms with Crippen LogP contribution in [0.2, 0.25) is 0 Å². The second-order valence-corrected chi connectivity index (χ2v) is 7.76. The Kier molecular flexibility index (Phi) is 6.12. The number of phenols is 1. The topological polar surface area (TPSA) is 114 Å². The van der Waals surface area contributed by atoms with Crippen molar-refractivity contribution in [2.24, 2.45) is 14.1 Å². The van der Waals surface area contributed by atoms with E-state index in [-0.39, 0.29) is 22.5 Å². The van der Waals surface area contributed by atoms with Crippen molar-refractivity contribution in [2.75, 3.05) is 28.4 Å². The molecule has 0 radical (unpaired) electrons. The minimum absolute atomic E-state index is 0.0917. The fourth-order valence-electron chi connectivity index (χ4n) is 4.02. The number of aromatic hydroxyl groups is 1. The van der Waals surface area contributed by atoms with Crippen molar-refractivity contribution < 1.29 is 24.1 Å². The van der Waals surface area contributed by atoms with Crippen LogP contribution in [0.25, 0.3) is 33.4 Å². The molecule has 0 amide bonds. The Morgan fingerprint density at radius 3 is 1.94 bits per heavy atom. The average Bonchev–Trinajstić information content (AvgIpc) is 2.88. The first-order valence-electron chi connectivity index (χ1n) is 10.5. The van der Waals surface area contributed by atoms with E-state index in [0.717, 1.165) is 4.57 Å². The summed E-state index contributed by atoms with van der Waals surface area (Å²) in [6.07, 6.45) is 0. The van der Waals surface area contributed by atoms with Crippen molar-refractivity contribution in [3.05, 3.63) is 57.2 Å². The molecule has 0 unspecified atom stereocenters. The van der Waals surface area contributed by atoms with Gasteiger partial charge in [-0.2, -0.15) is 0 Å². The lowest BCUT2D eigenvalue weighted by molar-refractivity contribution is 0.324. The highest BCUT2D eigenvalue weighted by Gasteiger charge is 2.20. The Balaban J connectivity index is 2.13. The number of aryl methyl sites for hydroxylation is 1. The average molecular weight is 479 g/mol. The summed E-state index contributed by atoms with van der Waals surface area (Å²) in [5.74, 6) is 1.46. The van der Waals surface area contributed by atoms with Gasteiger partial charge in [-0.3, -0.25) is 13.9 Å². The van der Waals surface area contributed by atoms with E-state index < -0.39 is 11.2 Å². The van der Waals surface area contributed by atoms with Crippen LogP contribution in [0.4, 0.5) is 0 Å². The second kappa shape index (κ2) is 9.05. The molecule has 2 aromatic heterocycles. The van der Waals surface area contributed by atoms with Gasteiger partial charge in [0.1, 0.15) is 0 Å². The van der Waals surface area contributed by atoms with Crippen LogP contribution in [0.15, 0.2) is 46.0 Å². The second-order valence-electron chi connectivity index (χ2n) is 7.76. The zero-order chi connectivity index (χ0) is 25.4. The van der Waals surface area contributed by atoms with E-state index in [9.17, 15) is 14.7 Å². The third-order valence-corrected chi connectivity index (χ3v) is 5.86. The highest BCUT2D eigenvalue weighted by atomic mass is 16.5. The summed E-state index contributed by atoms with van der Waals surface area (Å²) >= 11 is 0. The van der Waals surface area contributed by atoms with Crippen molar-refractivity contribution >= 4 is 11.0 Å². The van der Waals surface area contributed by atoms with E-state index in [1.807, 2.05) is 0 Å². The van der Waals surface area contributed by atoms with Crippen molar-refractivity contribution in [1.29, 1.82) is 0 Å². The molecule has 0 saturated heterocycles. The highest BCUT2D eigenvalue weighted by Crippen LogP contribution is 2.42. The number of aromatic nitrogens is 3. The molecule has 0 aliphatic heterocycles. The number of ether oxygens (including phenoxy) is 4. The number of nitrogens with zero attached hydrogens (tertiary/aromatic N) is 3. The molecule has 1 N–H and O–H groups in total. The lowest BCUT2D eigenvalue weighted by Gasteiger charge is -2.16. The summed E-state index contributed by atoms with van der Waals surface area (Å²) in [5, 5.41) is 10.6. The maximum Gasteiger partial charge on any atom is 0.332 e. The minimum atomic E-state index is -0.513. The number of hydrogen-bond acceptors (Lipinski definition) is 8. The smallest absolute Gasteiger partial charge is 0.332 e. The Morgan fingerprint density at radius 2 is 1.40 bits per heavy atom. The molecule has 0 fully saturated rings. The van der Waals surface area contributed by atoms with Gasteiger partial charge in [-0.15, -0.1) is 0 Å².